The van der Waals surface area contributed by atoms with Gasteiger partial charge in [-0.15, -0.1) is 0 Å². The Labute approximate surface area is 126 Å². The summed E-state index contributed by atoms with van der Waals surface area (Å²) in [5.41, 5.74) is 0. The number of hydrogen-bond acceptors (Lipinski definition) is 0. The van der Waals surface area contributed by atoms with Crippen LogP contribution < -0.4 is 0 Å². The monoisotopic (exact) mass is 264 g/mol. The van der Waals surface area contributed by atoms with Gasteiger partial charge in [0.15, 0.2) is 0 Å². The quantitative estimate of drug-likeness (QED) is 0.491. The molecule has 0 fully saturated rings. The molecule has 0 unspecified atom stereocenters. The molecular weight excluding hydrogens is 239 g/mol. The molecule has 2 radical (unpaired) electrons. The van der Waals surface area contributed by atoms with E-state index in [0.717, 1.165) is 24.7 Å². The molecule has 2 atom stereocenters. The van der Waals surface area contributed by atoms with Crippen molar-refractivity contribution in [1.82, 2.24) is 0 Å². The molecule has 0 aromatic rings. The summed E-state index contributed by atoms with van der Waals surface area (Å²) >= 11 is 0. The Morgan fingerprint density at radius 1 is 0.875 bits per heavy atom. The third-order valence-electron chi connectivity index (χ3n) is 2.47. The van der Waals surface area contributed by atoms with Gasteiger partial charge < -0.3 is 13.2 Å². The molecular formula is C14H26CuLi. The van der Waals surface area contributed by atoms with Crippen LogP contribution in [0.5, 0.6) is 0 Å². The van der Waals surface area contributed by atoms with Crippen LogP contribution in [0.3, 0.4) is 0 Å². The summed E-state index contributed by atoms with van der Waals surface area (Å²) in [5, 5.41) is 0. The number of hydrogen-bond donors (Lipinski definition) is 0. The van der Waals surface area contributed by atoms with Gasteiger partial charge >= 0.3 is 17.1 Å². The maximum atomic E-state index is 5.18. The minimum Gasteiger partial charge on any atom is -0.518 e. The van der Waals surface area contributed by atoms with E-state index in [1.54, 1.807) is 12.2 Å². The fourth-order valence-corrected chi connectivity index (χ4v) is 0.798. The van der Waals surface area contributed by atoms with E-state index >= 15 is 0 Å². The van der Waals surface area contributed by atoms with Gasteiger partial charge in [0.25, 0.3) is 0 Å². The van der Waals surface area contributed by atoms with E-state index < -0.39 is 0 Å². The zero-order chi connectivity index (χ0) is 11.4. The van der Waals surface area contributed by atoms with Crippen LogP contribution in [-0.4, -0.2) is 18.9 Å². The van der Waals surface area contributed by atoms with Gasteiger partial charge in [-0.3, -0.25) is 12.2 Å². The van der Waals surface area contributed by atoms with E-state index in [4.69, 9.17) is 13.2 Å². The average molecular weight is 265 g/mol. The van der Waals surface area contributed by atoms with E-state index in [9.17, 15) is 0 Å². The SMILES string of the molecule is [CH-]=CC[C@@H](C)CC.[CH-]=CC[C@@H](C)CC.[Cu+2].[Li]. The largest absolute Gasteiger partial charge is 2.00 e. The molecule has 0 amide bonds. The van der Waals surface area contributed by atoms with E-state index in [1.807, 2.05) is 0 Å². The van der Waals surface area contributed by atoms with Crippen LogP contribution in [0.25, 0.3) is 0 Å². The van der Waals surface area contributed by atoms with E-state index in [1.165, 1.54) is 12.8 Å². The first kappa shape index (κ1) is 25.4. The fraction of sp³-hybridized carbons (Fsp3) is 0.714. The van der Waals surface area contributed by atoms with Crippen molar-refractivity contribution in [2.45, 2.75) is 53.4 Å². The normalized spacial score (nSPS) is 11.8. The van der Waals surface area contributed by atoms with E-state index in [-0.39, 0.29) is 35.9 Å². The van der Waals surface area contributed by atoms with Gasteiger partial charge in [0.05, 0.1) is 0 Å². The summed E-state index contributed by atoms with van der Waals surface area (Å²) in [6.07, 6.45) is 8.02. The Bertz CT molecular complexity index is 119. The summed E-state index contributed by atoms with van der Waals surface area (Å²) in [6, 6.07) is 0. The molecule has 0 aliphatic carbocycles. The topological polar surface area (TPSA) is 0 Å². The Morgan fingerprint density at radius 2 is 1.12 bits per heavy atom. The maximum Gasteiger partial charge on any atom is 2.00 e. The van der Waals surface area contributed by atoms with Crippen molar-refractivity contribution in [2.75, 3.05) is 0 Å². The van der Waals surface area contributed by atoms with Gasteiger partial charge in [-0.05, 0) is 11.8 Å². The fourth-order valence-electron chi connectivity index (χ4n) is 0.798. The minimum atomic E-state index is 0. The second-order valence-electron chi connectivity index (χ2n) is 3.97. The maximum absolute atomic E-state index is 5.18. The second kappa shape index (κ2) is 20.9. The first-order valence-electron chi connectivity index (χ1n) is 5.69. The van der Waals surface area contributed by atoms with Gasteiger partial charge in [0.2, 0.25) is 0 Å². The average Bonchev–Trinajstić information content (AvgIpc) is 2.19. The molecule has 0 aliphatic rings. The Kier molecular flexibility index (Phi) is 33.3. The van der Waals surface area contributed by atoms with Gasteiger partial charge in [0, 0.05) is 18.9 Å². The number of allylic oxidation sites excluding steroid dienone is 2. The van der Waals surface area contributed by atoms with Crippen LogP contribution >= 0.6 is 0 Å². The van der Waals surface area contributed by atoms with Crippen LogP contribution in [0.2, 0.25) is 0 Å². The molecule has 0 N–H and O–H groups in total. The molecule has 0 saturated carbocycles. The minimum absolute atomic E-state index is 0. The van der Waals surface area contributed by atoms with Crippen molar-refractivity contribution in [1.29, 1.82) is 0 Å². The molecule has 16 heavy (non-hydrogen) atoms. The van der Waals surface area contributed by atoms with Crippen molar-refractivity contribution >= 4 is 18.9 Å². The van der Waals surface area contributed by atoms with Crippen LogP contribution in [0, 0.1) is 25.0 Å². The third kappa shape index (κ3) is 24.0. The molecule has 0 aromatic heterocycles. The summed E-state index contributed by atoms with van der Waals surface area (Å²) in [7, 11) is 0. The molecule has 0 nitrogen and oxygen atoms in total. The second-order valence-corrected chi connectivity index (χ2v) is 3.97. The number of rotatable bonds is 6. The molecule has 0 spiro atoms. The molecule has 0 rings (SSSR count). The smallest absolute Gasteiger partial charge is 0.518 e. The van der Waals surface area contributed by atoms with Crippen molar-refractivity contribution in [3.05, 3.63) is 25.3 Å². The van der Waals surface area contributed by atoms with Crippen LogP contribution in [0.4, 0.5) is 0 Å². The van der Waals surface area contributed by atoms with Gasteiger partial charge in [-0.2, -0.15) is 0 Å². The molecule has 0 heterocycles. The molecule has 0 aromatic carbocycles. The van der Waals surface area contributed by atoms with E-state index in [0.29, 0.717) is 0 Å². The van der Waals surface area contributed by atoms with Crippen molar-refractivity contribution in [3.63, 3.8) is 0 Å². The predicted molar refractivity (Wildman–Crippen MR) is 71.6 cm³/mol. The molecule has 0 saturated heterocycles. The Balaban J connectivity index is -0.0000000800. The Hall–Kier alpha value is 0.597. The van der Waals surface area contributed by atoms with Crippen LogP contribution in [-0.2, 0) is 17.1 Å². The summed E-state index contributed by atoms with van der Waals surface area (Å²) in [6.45, 7) is 19.1. The zero-order valence-electron chi connectivity index (χ0n) is 11.6. The molecule has 94 valence electrons. The van der Waals surface area contributed by atoms with Gasteiger partial charge in [-0.25, -0.2) is 0 Å². The first-order chi connectivity index (χ1) is 6.62. The summed E-state index contributed by atoms with van der Waals surface area (Å²) in [4.78, 5) is 0. The van der Waals surface area contributed by atoms with Crippen LogP contribution in [0.1, 0.15) is 53.4 Å². The van der Waals surface area contributed by atoms with E-state index in [2.05, 4.69) is 27.7 Å². The summed E-state index contributed by atoms with van der Waals surface area (Å²) in [5.74, 6) is 1.54. The third-order valence-corrected chi connectivity index (χ3v) is 2.47. The standard InChI is InChI=1S/2C7H13.Cu.Li/c2*1-4-6-7(3)5-2;;/h2*1,4,7H,5-6H2,2-3H3;;/q2*-1;+2;/t2*7-;;/m00../s1. The molecule has 2 heteroatoms. The first-order valence-corrected chi connectivity index (χ1v) is 5.69. The van der Waals surface area contributed by atoms with Crippen LogP contribution in [0.15, 0.2) is 12.2 Å². The predicted octanol–water partition coefficient (Wildman–Crippen LogP) is 4.44. The van der Waals surface area contributed by atoms with Gasteiger partial charge in [-0.1, -0.05) is 53.4 Å². The Morgan fingerprint density at radius 3 is 1.19 bits per heavy atom. The summed E-state index contributed by atoms with van der Waals surface area (Å²) < 4.78 is 0. The van der Waals surface area contributed by atoms with Crippen molar-refractivity contribution < 1.29 is 17.1 Å². The zero-order valence-corrected chi connectivity index (χ0v) is 12.5. The van der Waals surface area contributed by atoms with Gasteiger partial charge in [0.1, 0.15) is 0 Å². The molecule has 0 bridgehead atoms. The molecule has 0 aliphatic heterocycles. The van der Waals surface area contributed by atoms with Crippen molar-refractivity contribution in [3.8, 4) is 0 Å². The van der Waals surface area contributed by atoms with Crippen molar-refractivity contribution in [2.24, 2.45) is 11.8 Å².